The van der Waals surface area contributed by atoms with Crippen molar-refractivity contribution in [3.63, 3.8) is 0 Å². The van der Waals surface area contributed by atoms with Crippen molar-refractivity contribution in [3.05, 3.63) is 50.4 Å². The number of rotatable bonds is 4. The van der Waals surface area contributed by atoms with Crippen molar-refractivity contribution in [2.75, 3.05) is 0 Å². The highest BCUT2D eigenvalue weighted by Crippen LogP contribution is 2.35. The summed E-state index contributed by atoms with van der Waals surface area (Å²) in [5.74, 6) is 0. The van der Waals surface area contributed by atoms with Gasteiger partial charge in [0.2, 0.25) is 0 Å². The topological polar surface area (TPSA) is 24.9 Å². The zero-order valence-electron chi connectivity index (χ0n) is 12.5. The zero-order valence-corrected chi connectivity index (χ0v) is 14.1. The summed E-state index contributed by atoms with van der Waals surface area (Å²) in [6.45, 7) is 4.33. The molecule has 1 heterocycles. The van der Waals surface area contributed by atoms with Gasteiger partial charge in [0.15, 0.2) is 0 Å². The van der Waals surface area contributed by atoms with Crippen LogP contribution in [0.15, 0.2) is 24.3 Å². The number of nitrogens with zero attached hydrogens (tertiary/aromatic N) is 1. The highest BCUT2D eigenvalue weighted by atomic mass is 35.5. The molecular formula is C17H21ClN2S. The Morgan fingerprint density at radius 2 is 1.95 bits per heavy atom. The van der Waals surface area contributed by atoms with E-state index in [1.54, 1.807) is 0 Å². The fourth-order valence-electron chi connectivity index (χ4n) is 2.83. The Hall–Kier alpha value is -0.900. The first-order valence-corrected chi connectivity index (χ1v) is 8.83. The first-order valence-electron chi connectivity index (χ1n) is 7.64. The molecule has 2 aromatic rings. The number of hydrogen-bond donors (Lipinski definition) is 1. The number of hydrogen-bond acceptors (Lipinski definition) is 3. The average molecular weight is 321 g/mol. The van der Waals surface area contributed by atoms with E-state index < -0.39 is 0 Å². The van der Waals surface area contributed by atoms with E-state index in [4.69, 9.17) is 16.6 Å². The molecule has 0 saturated carbocycles. The van der Waals surface area contributed by atoms with Crippen LogP contribution in [0.1, 0.15) is 53.9 Å². The minimum Gasteiger partial charge on any atom is -0.302 e. The molecular weight excluding hydrogens is 300 g/mol. The van der Waals surface area contributed by atoms with Crippen molar-refractivity contribution < 1.29 is 0 Å². The molecule has 1 atom stereocenters. The number of aromatic nitrogens is 1. The molecule has 0 saturated heterocycles. The summed E-state index contributed by atoms with van der Waals surface area (Å²) in [6, 6.07) is 8.55. The van der Waals surface area contributed by atoms with Crippen molar-refractivity contribution in [3.8, 4) is 0 Å². The van der Waals surface area contributed by atoms with Gasteiger partial charge in [-0.1, -0.05) is 29.8 Å². The maximum absolute atomic E-state index is 6.42. The van der Waals surface area contributed by atoms with E-state index in [1.165, 1.54) is 29.8 Å². The first kappa shape index (κ1) is 15.0. The van der Waals surface area contributed by atoms with Crippen LogP contribution in [0.5, 0.6) is 0 Å². The summed E-state index contributed by atoms with van der Waals surface area (Å²) in [4.78, 5) is 6.39. The summed E-state index contributed by atoms with van der Waals surface area (Å²) in [5, 5.41) is 5.59. The van der Waals surface area contributed by atoms with Gasteiger partial charge in [0, 0.05) is 15.9 Å². The van der Waals surface area contributed by atoms with Crippen molar-refractivity contribution in [2.24, 2.45) is 0 Å². The van der Waals surface area contributed by atoms with Gasteiger partial charge in [-0.2, -0.15) is 0 Å². The number of fused-ring (bicyclic) bond motifs is 1. The maximum atomic E-state index is 6.42. The molecule has 0 amide bonds. The van der Waals surface area contributed by atoms with E-state index >= 15 is 0 Å². The molecule has 2 nitrogen and oxygen atoms in total. The van der Waals surface area contributed by atoms with Gasteiger partial charge in [0.05, 0.1) is 11.7 Å². The summed E-state index contributed by atoms with van der Waals surface area (Å²) < 4.78 is 0. The molecule has 1 aromatic carbocycles. The Morgan fingerprint density at radius 3 is 2.67 bits per heavy atom. The summed E-state index contributed by atoms with van der Waals surface area (Å²) >= 11 is 8.27. The monoisotopic (exact) mass is 320 g/mol. The second-order valence-electron chi connectivity index (χ2n) is 5.90. The molecule has 0 spiro atoms. The number of halogens is 1. The standard InChI is InChI=1S/C17H21ClN2S/c1-11(2)19-16(12-7-3-4-8-13(12)18)17-20-14-9-5-6-10-15(14)21-17/h3-4,7-8,11,16,19H,5-6,9-10H2,1-2H3. The average Bonchev–Trinajstić information content (AvgIpc) is 2.89. The van der Waals surface area contributed by atoms with E-state index in [0.717, 1.165) is 22.0 Å². The highest BCUT2D eigenvalue weighted by Gasteiger charge is 2.24. The van der Waals surface area contributed by atoms with Crippen LogP contribution in [0.2, 0.25) is 5.02 Å². The minimum atomic E-state index is 0.0919. The van der Waals surface area contributed by atoms with Gasteiger partial charge in [-0.3, -0.25) is 0 Å². The van der Waals surface area contributed by atoms with Gasteiger partial charge in [0.25, 0.3) is 0 Å². The molecule has 1 N–H and O–H groups in total. The first-order chi connectivity index (χ1) is 10.1. The summed E-state index contributed by atoms with van der Waals surface area (Å²) in [5.41, 5.74) is 2.43. The van der Waals surface area contributed by atoms with Crippen LogP contribution in [0.4, 0.5) is 0 Å². The quantitative estimate of drug-likeness (QED) is 0.878. The number of aryl methyl sites for hydroxylation is 2. The Morgan fingerprint density at radius 1 is 1.19 bits per heavy atom. The van der Waals surface area contributed by atoms with Crippen LogP contribution in [-0.2, 0) is 12.8 Å². The molecule has 4 heteroatoms. The normalized spacial score (nSPS) is 16.0. The lowest BCUT2D eigenvalue weighted by Gasteiger charge is -2.20. The van der Waals surface area contributed by atoms with E-state index in [1.807, 2.05) is 29.5 Å². The predicted octanol–water partition coefficient (Wildman–Crippen LogP) is 4.76. The largest absolute Gasteiger partial charge is 0.302 e. The Bertz CT molecular complexity index is 598. The third-order valence-corrected chi connectivity index (χ3v) is 5.39. The summed E-state index contributed by atoms with van der Waals surface area (Å²) in [6.07, 6.45) is 4.88. The molecule has 1 aromatic heterocycles. The van der Waals surface area contributed by atoms with Gasteiger partial charge in [-0.25, -0.2) is 4.98 Å². The van der Waals surface area contributed by atoms with E-state index in [0.29, 0.717) is 6.04 Å². The van der Waals surface area contributed by atoms with E-state index in [2.05, 4.69) is 25.2 Å². The van der Waals surface area contributed by atoms with Crippen LogP contribution in [-0.4, -0.2) is 11.0 Å². The van der Waals surface area contributed by atoms with Crippen LogP contribution in [0.25, 0.3) is 0 Å². The molecule has 3 rings (SSSR count). The Balaban J connectivity index is 1.99. The van der Waals surface area contributed by atoms with Gasteiger partial charge in [-0.15, -0.1) is 11.3 Å². The molecule has 0 fully saturated rings. The van der Waals surface area contributed by atoms with Crippen LogP contribution >= 0.6 is 22.9 Å². The van der Waals surface area contributed by atoms with Crippen molar-refractivity contribution in [2.45, 2.75) is 51.6 Å². The fraction of sp³-hybridized carbons (Fsp3) is 0.471. The number of nitrogens with one attached hydrogen (secondary N) is 1. The van der Waals surface area contributed by atoms with Gasteiger partial charge in [0.1, 0.15) is 5.01 Å². The van der Waals surface area contributed by atoms with Gasteiger partial charge >= 0.3 is 0 Å². The maximum Gasteiger partial charge on any atom is 0.115 e. The molecule has 21 heavy (non-hydrogen) atoms. The second-order valence-corrected chi connectivity index (χ2v) is 7.43. The third kappa shape index (κ3) is 3.31. The zero-order chi connectivity index (χ0) is 14.8. The lowest BCUT2D eigenvalue weighted by atomic mass is 10.0. The smallest absolute Gasteiger partial charge is 0.115 e. The minimum absolute atomic E-state index is 0.0919. The highest BCUT2D eigenvalue weighted by molar-refractivity contribution is 7.11. The lowest BCUT2D eigenvalue weighted by Crippen LogP contribution is -2.29. The van der Waals surface area contributed by atoms with E-state index in [9.17, 15) is 0 Å². The van der Waals surface area contributed by atoms with Gasteiger partial charge < -0.3 is 5.32 Å². The third-order valence-electron chi connectivity index (χ3n) is 3.83. The van der Waals surface area contributed by atoms with E-state index in [-0.39, 0.29) is 6.04 Å². The number of benzene rings is 1. The summed E-state index contributed by atoms with van der Waals surface area (Å²) in [7, 11) is 0. The van der Waals surface area contributed by atoms with Crippen molar-refractivity contribution in [1.29, 1.82) is 0 Å². The lowest BCUT2D eigenvalue weighted by molar-refractivity contribution is 0.526. The van der Waals surface area contributed by atoms with Crippen molar-refractivity contribution >= 4 is 22.9 Å². The molecule has 1 aliphatic carbocycles. The van der Waals surface area contributed by atoms with Crippen LogP contribution < -0.4 is 5.32 Å². The van der Waals surface area contributed by atoms with Crippen LogP contribution in [0.3, 0.4) is 0 Å². The molecule has 0 radical (unpaired) electrons. The number of thiazole rings is 1. The van der Waals surface area contributed by atoms with Crippen LogP contribution in [0, 0.1) is 0 Å². The molecule has 0 bridgehead atoms. The fourth-order valence-corrected chi connectivity index (χ4v) is 4.31. The Labute approximate surface area is 135 Å². The van der Waals surface area contributed by atoms with Crippen molar-refractivity contribution in [1.82, 2.24) is 10.3 Å². The molecule has 0 aliphatic heterocycles. The molecule has 1 aliphatic rings. The predicted molar refractivity (Wildman–Crippen MR) is 90.3 cm³/mol. The molecule has 1 unspecified atom stereocenters. The van der Waals surface area contributed by atoms with Gasteiger partial charge in [-0.05, 0) is 51.2 Å². The SMILES string of the molecule is CC(C)NC(c1nc2c(s1)CCCC2)c1ccccc1Cl. The second kappa shape index (κ2) is 6.47. The Kier molecular flexibility index (Phi) is 4.63. The molecule has 112 valence electrons.